The normalized spacial score (nSPS) is 16.5. The Morgan fingerprint density at radius 1 is 1.05 bits per heavy atom. The number of hydrogen-bond acceptors (Lipinski definition) is 8. The second kappa shape index (κ2) is 17.4. The SMILES string of the molecule is COCCOCCOCCO[C@H]1CCN(C[C@H](c2cccc(NS(C)(=O)=O)c2)N(C)C(=O)Cc2ccc(Cl)c(Cl)c2)C1. The van der Waals surface area contributed by atoms with Crippen LogP contribution in [0, 0.1) is 0 Å². The van der Waals surface area contributed by atoms with E-state index in [9.17, 15) is 13.2 Å². The van der Waals surface area contributed by atoms with Crippen molar-refractivity contribution in [2.45, 2.75) is 25.0 Å². The fourth-order valence-electron chi connectivity index (χ4n) is 4.68. The number of rotatable bonds is 18. The van der Waals surface area contributed by atoms with Crippen LogP contribution in [0.25, 0.3) is 0 Å². The molecule has 1 amide bonds. The number of methoxy groups -OCH3 is 1. The van der Waals surface area contributed by atoms with Gasteiger partial charge < -0.3 is 23.8 Å². The van der Waals surface area contributed by atoms with Gasteiger partial charge in [0.25, 0.3) is 0 Å². The monoisotopic (exact) mass is 645 g/mol. The van der Waals surface area contributed by atoms with Crippen LogP contribution in [0.2, 0.25) is 10.0 Å². The quantitative estimate of drug-likeness (QED) is 0.244. The van der Waals surface area contributed by atoms with Crippen molar-refractivity contribution in [2.24, 2.45) is 0 Å². The molecule has 1 N–H and O–H groups in total. The van der Waals surface area contributed by atoms with Crippen LogP contribution in [-0.2, 0) is 40.2 Å². The summed E-state index contributed by atoms with van der Waals surface area (Å²) in [5.41, 5.74) is 2.02. The molecule has 3 rings (SSSR count). The molecule has 0 aliphatic carbocycles. The largest absolute Gasteiger partial charge is 0.382 e. The second-order valence-corrected chi connectivity index (χ2v) is 12.8. The van der Waals surface area contributed by atoms with E-state index in [0.29, 0.717) is 68.5 Å². The minimum Gasteiger partial charge on any atom is -0.382 e. The second-order valence-electron chi connectivity index (χ2n) is 10.2. The lowest BCUT2D eigenvalue weighted by molar-refractivity contribution is -0.131. The molecule has 1 aliphatic heterocycles. The fraction of sp³-hybridized carbons (Fsp3) is 0.552. The number of anilines is 1. The van der Waals surface area contributed by atoms with Crippen LogP contribution in [0.4, 0.5) is 5.69 Å². The predicted octanol–water partition coefficient (Wildman–Crippen LogP) is 3.88. The van der Waals surface area contributed by atoms with E-state index in [2.05, 4.69) is 9.62 Å². The first-order chi connectivity index (χ1) is 20.1. The standard InChI is InChI=1S/C29H41Cl2N3O7S/c1-33(29(35)18-22-7-8-26(30)27(31)17-22)28(23-5-4-6-24(19-23)32-42(3,36)37)21-34-10-9-25(20-34)41-16-15-40-14-13-39-12-11-38-2/h4-8,17,19,25,28,32H,9-16,18,20-21H2,1-3H3/t25-,28+/m0/s1. The molecule has 0 spiro atoms. The Morgan fingerprint density at radius 3 is 2.45 bits per heavy atom. The van der Waals surface area contributed by atoms with Gasteiger partial charge in [0.2, 0.25) is 15.9 Å². The van der Waals surface area contributed by atoms with Crippen LogP contribution in [0.1, 0.15) is 23.6 Å². The number of sulfonamides is 1. The van der Waals surface area contributed by atoms with Crippen molar-refractivity contribution < 1.29 is 32.2 Å². The number of ether oxygens (including phenoxy) is 4. The molecule has 0 saturated carbocycles. The summed E-state index contributed by atoms with van der Waals surface area (Å²) in [7, 11) is -0.0574. The summed E-state index contributed by atoms with van der Waals surface area (Å²) < 4.78 is 48.2. The van der Waals surface area contributed by atoms with Gasteiger partial charge in [-0.25, -0.2) is 8.42 Å². The molecule has 0 aromatic heterocycles. The Hall–Kier alpha value is -1.96. The number of nitrogens with zero attached hydrogens (tertiary/aromatic N) is 2. The number of amides is 1. The average Bonchev–Trinajstić information content (AvgIpc) is 3.39. The highest BCUT2D eigenvalue weighted by Crippen LogP contribution is 2.28. The molecule has 2 aromatic carbocycles. The van der Waals surface area contributed by atoms with Gasteiger partial charge in [0.15, 0.2) is 0 Å². The third-order valence-corrected chi connectivity index (χ3v) is 8.17. The summed E-state index contributed by atoms with van der Waals surface area (Å²) in [5.74, 6) is -0.102. The average molecular weight is 647 g/mol. The van der Waals surface area contributed by atoms with E-state index in [1.165, 1.54) is 0 Å². The zero-order valence-corrected chi connectivity index (χ0v) is 26.7. The van der Waals surface area contributed by atoms with Gasteiger partial charge in [0.1, 0.15) is 0 Å². The van der Waals surface area contributed by atoms with Crippen molar-refractivity contribution in [1.29, 1.82) is 0 Å². The van der Waals surface area contributed by atoms with Gasteiger partial charge >= 0.3 is 0 Å². The van der Waals surface area contributed by atoms with Gasteiger partial charge in [-0.3, -0.25) is 14.4 Å². The minimum absolute atomic E-state index is 0.0580. The number of benzene rings is 2. The Balaban J connectivity index is 1.61. The number of carbonyl (C=O) groups excluding carboxylic acids is 1. The van der Waals surface area contributed by atoms with Crippen LogP contribution in [0.5, 0.6) is 0 Å². The molecule has 42 heavy (non-hydrogen) atoms. The molecule has 1 saturated heterocycles. The van der Waals surface area contributed by atoms with Gasteiger partial charge in [-0.05, 0) is 41.8 Å². The van der Waals surface area contributed by atoms with Crippen LogP contribution in [0.3, 0.4) is 0 Å². The number of hydrogen-bond donors (Lipinski definition) is 1. The fourth-order valence-corrected chi connectivity index (χ4v) is 5.56. The van der Waals surface area contributed by atoms with Crippen LogP contribution in [0.15, 0.2) is 42.5 Å². The molecule has 0 unspecified atom stereocenters. The number of carbonyl (C=O) groups is 1. The summed E-state index contributed by atoms with van der Waals surface area (Å²) in [5, 5.41) is 0.822. The van der Waals surface area contributed by atoms with Crippen molar-refractivity contribution in [3.63, 3.8) is 0 Å². The van der Waals surface area contributed by atoms with E-state index < -0.39 is 10.0 Å². The van der Waals surface area contributed by atoms with E-state index >= 15 is 0 Å². The van der Waals surface area contributed by atoms with Crippen LogP contribution in [-0.4, -0.2) is 110 Å². The van der Waals surface area contributed by atoms with Crippen molar-refractivity contribution in [2.75, 3.05) is 84.4 Å². The number of halogens is 2. The molecule has 1 heterocycles. The number of likely N-dealkylation sites (N-methyl/N-ethyl adjacent to an activating group) is 1. The molecule has 2 atom stereocenters. The highest BCUT2D eigenvalue weighted by atomic mass is 35.5. The first kappa shape index (κ1) is 34.5. The maximum Gasteiger partial charge on any atom is 0.229 e. The van der Waals surface area contributed by atoms with Crippen molar-refractivity contribution in [1.82, 2.24) is 9.80 Å². The zero-order valence-electron chi connectivity index (χ0n) is 24.4. The molecule has 10 nitrogen and oxygen atoms in total. The molecular formula is C29H41Cl2N3O7S. The Kier molecular flexibility index (Phi) is 14.3. The molecule has 13 heteroatoms. The van der Waals surface area contributed by atoms with E-state index in [0.717, 1.165) is 30.3 Å². The summed E-state index contributed by atoms with van der Waals surface area (Å²) in [4.78, 5) is 17.4. The highest BCUT2D eigenvalue weighted by Gasteiger charge is 2.29. The van der Waals surface area contributed by atoms with Crippen molar-refractivity contribution in [3.05, 3.63) is 63.6 Å². The lowest BCUT2D eigenvalue weighted by Gasteiger charge is -2.32. The smallest absolute Gasteiger partial charge is 0.229 e. The van der Waals surface area contributed by atoms with Crippen molar-refractivity contribution in [3.8, 4) is 0 Å². The van der Waals surface area contributed by atoms with Gasteiger partial charge in [-0.15, -0.1) is 0 Å². The van der Waals surface area contributed by atoms with E-state index in [-0.39, 0.29) is 24.5 Å². The molecular weight excluding hydrogens is 605 g/mol. The molecule has 1 aliphatic rings. The summed E-state index contributed by atoms with van der Waals surface area (Å²) in [6.07, 6.45) is 2.18. The highest BCUT2D eigenvalue weighted by molar-refractivity contribution is 7.92. The maximum absolute atomic E-state index is 13.4. The van der Waals surface area contributed by atoms with Gasteiger partial charge in [0.05, 0.1) is 74.5 Å². The third-order valence-electron chi connectivity index (χ3n) is 6.82. The molecule has 234 valence electrons. The Labute approximate surface area is 259 Å². The lowest BCUT2D eigenvalue weighted by Crippen LogP contribution is -2.39. The third kappa shape index (κ3) is 12.0. The van der Waals surface area contributed by atoms with Gasteiger partial charge in [-0.2, -0.15) is 0 Å². The first-order valence-electron chi connectivity index (χ1n) is 13.8. The van der Waals surface area contributed by atoms with Gasteiger partial charge in [0, 0.05) is 39.5 Å². The minimum atomic E-state index is -3.46. The lowest BCUT2D eigenvalue weighted by atomic mass is 10.0. The van der Waals surface area contributed by atoms with E-state index in [1.54, 1.807) is 55.5 Å². The van der Waals surface area contributed by atoms with Crippen LogP contribution < -0.4 is 4.72 Å². The topological polar surface area (TPSA) is 107 Å². The molecule has 0 bridgehead atoms. The summed E-state index contributed by atoms with van der Waals surface area (Å²) in [6, 6.07) is 12.0. The zero-order chi connectivity index (χ0) is 30.5. The van der Waals surface area contributed by atoms with Gasteiger partial charge in [-0.1, -0.05) is 41.4 Å². The van der Waals surface area contributed by atoms with E-state index in [4.69, 9.17) is 42.1 Å². The Morgan fingerprint density at radius 2 is 1.76 bits per heavy atom. The Bertz CT molecular complexity index is 1250. The number of nitrogens with one attached hydrogen (secondary N) is 1. The maximum atomic E-state index is 13.4. The summed E-state index contributed by atoms with van der Waals surface area (Å²) >= 11 is 12.2. The van der Waals surface area contributed by atoms with E-state index in [1.807, 2.05) is 6.07 Å². The molecule has 0 radical (unpaired) electrons. The molecule has 1 fully saturated rings. The summed E-state index contributed by atoms with van der Waals surface area (Å²) in [6.45, 7) is 5.18. The number of likely N-dealkylation sites (tertiary alicyclic amines) is 1. The predicted molar refractivity (Wildman–Crippen MR) is 165 cm³/mol. The molecule has 2 aromatic rings. The van der Waals surface area contributed by atoms with Crippen LogP contribution >= 0.6 is 23.2 Å². The van der Waals surface area contributed by atoms with Crippen molar-refractivity contribution >= 4 is 44.8 Å². The first-order valence-corrected chi connectivity index (χ1v) is 16.5.